The molecule has 1 atom stereocenters. The molecule has 1 aliphatic rings. The Balaban J connectivity index is 2.45. The summed E-state index contributed by atoms with van der Waals surface area (Å²) < 4.78 is 10.7. The highest BCUT2D eigenvalue weighted by molar-refractivity contribution is 5.95. The van der Waals surface area contributed by atoms with E-state index in [1.807, 2.05) is 25.1 Å². The molecule has 1 aromatic rings. The summed E-state index contributed by atoms with van der Waals surface area (Å²) in [6.07, 6.45) is 1.49. The minimum absolute atomic E-state index is 0.101. The number of carbonyl (C=O) groups is 2. The van der Waals surface area contributed by atoms with Crippen molar-refractivity contribution in [3.05, 3.63) is 53.8 Å². The van der Waals surface area contributed by atoms with Crippen molar-refractivity contribution in [2.24, 2.45) is 0 Å². The Hall–Kier alpha value is -2.76. The summed E-state index contributed by atoms with van der Waals surface area (Å²) in [5.74, 6) is 0.107. The Labute approximate surface area is 135 Å². The Morgan fingerprint density at radius 2 is 2.13 bits per heavy atom. The first-order valence-electron chi connectivity index (χ1n) is 7.36. The number of rotatable bonds is 6. The van der Waals surface area contributed by atoms with Crippen LogP contribution in [0.15, 0.2) is 48.2 Å². The molecule has 2 amide bonds. The molecule has 2 N–H and O–H groups in total. The topological polar surface area (TPSA) is 76.7 Å². The zero-order valence-electron chi connectivity index (χ0n) is 13.2. The Morgan fingerprint density at radius 3 is 2.83 bits per heavy atom. The van der Waals surface area contributed by atoms with Gasteiger partial charge in [-0.05, 0) is 19.9 Å². The van der Waals surface area contributed by atoms with Gasteiger partial charge in [-0.2, -0.15) is 0 Å². The van der Waals surface area contributed by atoms with Crippen LogP contribution in [-0.2, 0) is 9.53 Å². The van der Waals surface area contributed by atoms with Gasteiger partial charge in [-0.3, -0.25) is 0 Å². The second-order valence-corrected chi connectivity index (χ2v) is 4.93. The lowest BCUT2D eigenvalue weighted by Gasteiger charge is -2.29. The number of urea groups is 1. The number of nitrogens with one attached hydrogen (secondary N) is 2. The van der Waals surface area contributed by atoms with Gasteiger partial charge in [0.15, 0.2) is 0 Å². The number of hydrogen-bond acceptors (Lipinski definition) is 4. The summed E-state index contributed by atoms with van der Waals surface area (Å²) >= 11 is 0. The number of amides is 2. The van der Waals surface area contributed by atoms with E-state index in [1.165, 1.54) is 6.08 Å². The van der Waals surface area contributed by atoms with E-state index in [4.69, 9.17) is 9.47 Å². The third-order valence-corrected chi connectivity index (χ3v) is 3.35. The fourth-order valence-corrected chi connectivity index (χ4v) is 2.42. The summed E-state index contributed by atoms with van der Waals surface area (Å²) in [5, 5.41) is 5.35. The average Bonchev–Trinajstić information content (AvgIpc) is 2.52. The highest BCUT2D eigenvalue weighted by atomic mass is 16.5. The molecule has 122 valence electrons. The number of para-hydroxylation sites is 1. The number of carbonyl (C=O) groups excluding carboxylic acids is 2. The first-order valence-corrected chi connectivity index (χ1v) is 7.36. The Bertz CT molecular complexity index is 652. The van der Waals surface area contributed by atoms with Gasteiger partial charge in [-0.15, -0.1) is 0 Å². The van der Waals surface area contributed by atoms with Crippen molar-refractivity contribution >= 4 is 12.0 Å². The molecule has 0 radical (unpaired) electrons. The lowest BCUT2D eigenvalue weighted by Crippen LogP contribution is -2.45. The normalized spacial score (nSPS) is 17.1. The molecule has 0 saturated carbocycles. The van der Waals surface area contributed by atoms with Crippen LogP contribution in [0.2, 0.25) is 0 Å². The van der Waals surface area contributed by atoms with Crippen LogP contribution < -0.4 is 15.4 Å². The smallest absolute Gasteiger partial charge is 0.338 e. The van der Waals surface area contributed by atoms with Gasteiger partial charge < -0.3 is 20.1 Å². The molecular weight excluding hydrogens is 296 g/mol. The monoisotopic (exact) mass is 316 g/mol. The molecule has 0 saturated heterocycles. The van der Waals surface area contributed by atoms with Crippen molar-refractivity contribution in [2.75, 3.05) is 13.2 Å². The van der Waals surface area contributed by atoms with Crippen LogP contribution in [-0.4, -0.2) is 25.2 Å². The zero-order chi connectivity index (χ0) is 16.8. The van der Waals surface area contributed by atoms with E-state index < -0.39 is 12.0 Å². The summed E-state index contributed by atoms with van der Waals surface area (Å²) in [4.78, 5) is 24.2. The molecule has 0 spiro atoms. The minimum atomic E-state index is -0.635. The van der Waals surface area contributed by atoms with Crippen LogP contribution in [0.3, 0.4) is 0 Å². The van der Waals surface area contributed by atoms with E-state index in [-0.39, 0.29) is 12.6 Å². The van der Waals surface area contributed by atoms with Crippen LogP contribution >= 0.6 is 0 Å². The fourth-order valence-electron chi connectivity index (χ4n) is 2.42. The standard InChI is InChI=1S/C17H20N2O4/c1-4-10-23-16(20)14-11(3)18-17(21)19-15(14)12-8-6-7-9-13(12)22-5-2/h4,6-9,15H,1,5,10H2,2-3H3,(H2,18,19,21). The van der Waals surface area contributed by atoms with Gasteiger partial charge in [-0.25, -0.2) is 9.59 Å². The molecular formula is C17H20N2O4. The molecule has 1 heterocycles. The van der Waals surface area contributed by atoms with E-state index in [9.17, 15) is 9.59 Å². The van der Waals surface area contributed by atoms with Crippen LogP contribution in [0.5, 0.6) is 5.75 Å². The van der Waals surface area contributed by atoms with E-state index in [2.05, 4.69) is 17.2 Å². The number of benzene rings is 1. The Kier molecular flexibility index (Phi) is 5.41. The first-order chi connectivity index (χ1) is 11.1. The molecule has 1 aromatic carbocycles. The molecule has 6 heteroatoms. The number of hydrogen-bond donors (Lipinski definition) is 2. The predicted molar refractivity (Wildman–Crippen MR) is 85.9 cm³/mol. The highest BCUT2D eigenvalue weighted by Gasteiger charge is 2.33. The molecule has 0 aromatic heterocycles. The molecule has 0 aliphatic carbocycles. The highest BCUT2D eigenvalue weighted by Crippen LogP contribution is 2.33. The molecule has 2 rings (SSSR count). The second-order valence-electron chi connectivity index (χ2n) is 4.93. The van der Waals surface area contributed by atoms with E-state index in [1.54, 1.807) is 13.0 Å². The van der Waals surface area contributed by atoms with Gasteiger partial charge in [0.2, 0.25) is 0 Å². The lowest BCUT2D eigenvalue weighted by atomic mass is 9.95. The summed E-state index contributed by atoms with van der Waals surface area (Å²) in [6, 6.07) is 6.27. The van der Waals surface area contributed by atoms with Gasteiger partial charge in [0.25, 0.3) is 0 Å². The maximum absolute atomic E-state index is 12.4. The maximum Gasteiger partial charge on any atom is 0.338 e. The zero-order valence-corrected chi connectivity index (χ0v) is 13.2. The molecule has 1 unspecified atom stereocenters. The average molecular weight is 316 g/mol. The van der Waals surface area contributed by atoms with Crippen LogP contribution in [0, 0.1) is 0 Å². The maximum atomic E-state index is 12.4. The van der Waals surface area contributed by atoms with Crippen molar-refractivity contribution in [2.45, 2.75) is 19.9 Å². The van der Waals surface area contributed by atoms with Gasteiger partial charge in [0.1, 0.15) is 12.4 Å². The third-order valence-electron chi connectivity index (χ3n) is 3.35. The van der Waals surface area contributed by atoms with Crippen molar-refractivity contribution in [1.29, 1.82) is 0 Å². The summed E-state index contributed by atoms with van der Waals surface area (Å²) in [5.41, 5.74) is 1.51. The molecule has 1 aliphatic heterocycles. The minimum Gasteiger partial charge on any atom is -0.494 e. The van der Waals surface area contributed by atoms with Gasteiger partial charge in [0.05, 0.1) is 18.2 Å². The van der Waals surface area contributed by atoms with Crippen LogP contribution in [0.1, 0.15) is 25.5 Å². The number of allylic oxidation sites excluding steroid dienone is 1. The molecule has 23 heavy (non-hydrogen) atoms. The summed E-state index contributed by atoms with van der Waals surface area (Å²) in [7, 11) is 0. The van der Waals surface area contributed by atoms with Gasteiger partial charge in [0, 0.05) is 11.3 Å². The van der Waals surface area contributed by atoms with Crippen molar-refractivity contribution in [3.63, 3.8) is 0 Å². The van der Waals surface area contributed by atoms with E-state index in [0.29, 0.717) is 29.2 Å². The van der Waals surface area contributed by atoms with Crippen LogP contribution in [0.25, 0.3) is 0 Å². The molecule has 6 nitrogen and oxygen atoms in total. The number of esters is 1. The number of ether oxygens (including phenoxy) is 2. The Morgan fingerprint density at radius 1 is 1.39 bits per heavy atom. The first kappa shape index (κ1) is 16.6. The molecule has 0 fully saturated rings. The van der Waals surface area contributed by atoms with E-state index >= 15 is 0 Å². The fraction of sp³-hybridized carbons (Fsp3) is 0.294. The van der Waals surface area contributed by atoms with Gasteiger partial charge >= 0.3 is 12.0 Å². The van der Waals surface area contributed by atoms with Crippen molar-refractivity contribution < 1.29 is 19.1 Å². The SMILES string of the molecule is C=CCOC(=O)C1=C(C)NC(=O)NC1c1ccccc1OCC. The largest absolute Gasteiger partial charge is 0.494 e. The van der Waals surface area contributed by atoms with Crippen molar-refractivity contribution in [3.8, 4) is 5.75 Å². The molecule has 0 bridgehead atoms. The predicted octanol–water partition coefficient (Wildman–Crippen LogP) is 2.44. The second kappa shape index (κ2) is 7.49. The van der Waals surface area contributed by atoms with E-state index in [0.717, 1.165) is 0 Å². The van der Waals surface area contributed by atoms with Crippen molar-refractivity contribution in [1.82, 2.24) is 10.6 Å². The lowest BCUT2D eigenvalue weighted by molar-refractivity contribution is -0.138. The van der Waals surface area contributed by atoms with Gasteiger partial charge in [-0.1, -0.05) is 30.9 Å². The van der Waals surface area contributed by atoms with Crippen LogP contribution in [0.4, 0.5) is 4.79 Å². The summed E-state index contributed by atoms with van der Waals surface area (Å²) in [6.45, 7) is 7.65. The third kappa shape index (κ3) is 3.71. The quantitative estimate of drug-likeness (QED) is 0.624.